The third kappa shape index (κ3) is 3.06. The maximum absolute atomic E-state index is 12.8. The zero-order valence-electron chi connectivity index (χ0n) is 14.8. The number of aryl methyl sites for hydroxylation is 2. The first kappa shape index (κ1) is 17.2. The van der Waals surface area contributed by atoms with Gasteiger partial charge < -0.3 is 5.11 Å². The fourth-order valence-corrected chi connectivity index (χ4v) is 3.15. The smallest absolute Gasteiger partial charge is 0.199 e. The molecule has 0 unspecified atom stereocenters. The summed E-state index contributed by atoms with van der Waals surface area (Å²) in [6.07, 6.45) is 3.09. The minimum Gasteiger partial charge on any atom is -0.507 e. The molecule has 1 N–H and O–H groups in total. The topological polar surface area (TPSA) is 67.5 Å². The number of nitrogens with zero attached hydrogens (tertiary/aromatic N) is 3. The molecular formula is C21H16ClN3O2. The van der Waals surface area contributed by atoms with E-state index in [9.17, 15) is 9.90 Å². The molecular weight excluding hydrogens is 362 g/mol. The van der Waals surface area contributed by atoms with Crippen LogP contribution < -0.4 is 0 Å². The zero-order valence-corrected chi connectivity index (χ0v) is 15.5. The van der Waals surface area contributed by atoms with Crippen LogP contribution in [0.25, 0.3) is 16.9 Å². The molecule has 0 aliphatic rings. The number of hydrogen-bond acceptors (Lipinski definition) is 4. The van der Waals surface area contributed by atoms with Gasteiger partial charge in [0, 0.05) is 29.0 Å². The van der Waals surface area contributed by atoms with E-state index in [-0.39, 0.29) is 17.1 Å². The number of aromatic nitrogens is 3. The van der Waals surface area contributed by atoms with Crippen LogP contribution in [0.5, 0.6) is 5.75 Å². The number of carbonyl (C=O) groups is 1. The number of phenols is 1. The molecule has 0 amide bonds. The van der Waals surface area contributed by atoms with Gasteiger partial charge in [-0.25, -0.2) is 9.50 Å². The molecule has 5 nitrogen and oxygen atoms in total. The average molecular weight is 378 g/mol. The van der Waals surface area contributed by atoms with Crippen molar-refractivity contribution in [1.29, 1.82) is 0 Å². The summed E-state index contributed by atoms with van der Waals surface area (Å²) in [5, 5.41) is 15.1. The van der Waals surface area contributed by atoms with E-state index in [0.717, 1.165) is 16.8 Å². The number of benzene rings is 2. The molecule has 0 saturated carbocycles. The van der Waals surface area contributed by atoms with Gasteiger partial charge in [0.1, 0.15) is 5.75 Å². The van der Waals surface area contributed by atoms with E-state index >= 15 is 0 Å². The largest absolute Gasteiger partial charge is 0.507 e. The Bertz CT molecular complexity index is 1200. The summed E-state index contributed by atoms with van der Waals surface area (Å²) < 4.78 is 1.57. The Morgan fingerprint density at radius 2 is 1.89 bits per heavy atom. The van der Waals surface area contributed by atoms with Gasteiger partial charge in [-0.15, -0.1) is 0 Å². The highest BCUT2D eigenvalue weighted by atomic mass is 35.5. The molecule has 2 aromatic carbocycles. The predicted molar refractivity (Wildman–Crippen MR) is 104 cm³/mol. The van der Waals surface area contributed by atoms with Gasteiger partial charge in [0.2, 0.25) is 0 Å². The Balaban J connectivity index is 1.77. The number of ketones is 1. The molecule has 0 aliphatic heterocycles. The molecule has 6 heteroatoms. The number of halogens is 1. The van der Waals surface area contributed by atoms with Crippen molar-refractivity contribution in [3.63, 3.8) is 0 Å². The van der Waals surface area contributed by atoms with E-state index < -0.39 is 0 Å². The molecule has 2 heterocycles. The number of aromatic hydroxyl groups is 1. The normalized spacial score (nSPS) is 11.1. The molecule has 4 aromatic rings. The molecule has 2 aromatic heterocycles. The molecule has 0 saturated heterocycles. The summed E-state index contributed by atoms with van der Waals surface area (Å²) in [5.74, 6) is -0.472. The number of carbonyl (C=O) groups excluding carboxylic acids is 1. The fourth-order valence-electron chi connectivity index (χ4n) is 2.99. The van der Waals surface area contributed by atoms with Gasteiger partial charge in [-0.2, -0.15) is 5.10 Å². The van der Waals surface area contributed by atoms with Gasteiger partial charge in [-0.3, -0.25) is 4.79 Å². The lowest BCUT2D eigenvalue weighted by molar-refractivity contribution is 0.103. The zero-order chi connectivity index (χ0) is 19.1. The molecule has 0 bridgehead atoms. The predicted octanol–water partition coefficient (Wildman–Crippen LogP) is 4.60. The van der Waals surface area contributed by atoms with Crippen LogP contribution in [0, 0.1) is 13.8 Å². The van der Waals surface area contributed by atoms with Crippen molar-refractivity contribution in [2.24, 2.45) is 0 Å². The summed E-state index contributed by atoms with van der Waals surface area (Å²) in [5.41, 5.74) is 4.70. The lowest BCUT2D eigenvalue weighted by atomic mass is 10.0. The monoisotopic (exact) mass is 377 g/mol. The summed E-state index contributed by atoms with van der Waals surface area (Å²) in [6, 6.07) is 12.8. The van der Waals surface area contributed by atoms with Gasteiger partial charge in [-0.1, -0.05) is 35.9 Å². The van der Waals surface area contributed by atoms with Crippen molar-refractivity contribution in [3.8, 4) is 17.0 Å². The van der Waals surface area contributed by atoms with E-state index in [0.29, 0.717) is 21.8 Å². The van der Waals surface area contributed by atoms with Crippen LogP contribution in [0.4, 0.5) is 0 Å². The van der Waals surface area contributed by atoms with Gasteiger partial charge >= 0.3 is 0 Å². The first-order valence-corrected chi connectivity index (χ1v) is 8.77. The lowest BCUT2D eigenvalue weighted by Gasteiger charge is -2.07. The number of rotatable bonds is 3. The van der Waals surface area contributed by atoms with Gasteiger partial charge in [0.05, 0.1) is 16.8 Å². The highest BCUT2D eigenvalue weighted by Gasteiger charge is 2.17. The molecule has 4 rings (SSSR count). The molecule has 0 aliphatic carbocycles. The van der Waals surface area contributed by atoms with Crippen molar-refractivity contribution in [3.05, 3.63) is 82.1 Å². The van der Waals surface area contributed by atoms with Gasteiger partial charge in [0.15, 0.2) is 11.4 Å². The van der Waals surface area contributed by atoms with Crippen LogP contribution in [0.1, 0.15) is 27.0 Å². The van der Waals surface area contributed by atoms with Crippen molar-refractivity contribution in [2.75, 3.05) is 0 Å². The van der Waals surface area contributed by atoms with Crippen molar-refractivity contribution < 1.29 is 9.90 Å². The van der Waals surface area contributed by atoms with Gasteiger partial charge in [-0.05, 0) is 37.1 Å². The van der Waals surface area contributed by atoms with E-state index in [1.54, 1.807) is 17.6 Å². The van der Waals surface area contributed by atoms with Crippen LogP contribution >= 0.6 is 11.6 Å². The van der Waals surface area contributed by atoms with Crippen LogP contribution in [-0.2, 0) is 0 Å². The second-order valence-corrected chi connectivity index (χ2v) is 6.84. The van der Waals surface area contributed by atoms with Crippen molar-refractivity contribution in [2.45, 2.75) is 13.8 Å². The van der Waals surface area contributed by atoms with Crippen LogP contribution in [0.15, 0.2) is 54.9 Å². The summed E-state index contributed by atoms with van der Waals surface area (Å²) >= 11 is 6.10. The average Bonchev–Trinajstić information content (AvgIpc) is 3.07. The van der Waals surface area contributed by atoms with Crippen LogP contribution in [-0.4, -0.2) is 25.5 Å². The highest BCUT2D eigenvalue weighted by molar-refractivity contribution is 6.32. The van der Waals surface area contributed by atoms with E-state index in [2.05, 4.69) is 10.1 Å². The van der Waals surface area contributed by atoms with Crippen molar-refractivity contribution in [1.82, 2.24) is 14.6 Å². The third-order valence-corrected chi connectivity index (χ3v) is 4.93. The lowest BCUT2D eigenvalue weighted by Crippen LogP contribution is -2.05. The summed E-state index contributed by atoms with van der Waals surface area (Å²) in [7, 11) is 0. The minimum absolute atomic E-state index is 0.108. The Morgan fingerprint density at radius 3 is 2.67 bits per heavy atom. The maximum Gasteiger partial charge on any atom is 0.199 e. The molecule has 0 fully saturated rings. The van der Waals surface area contributed by atoms with E-state index in [4.69, 9.17) is 11.6 Å². The Hall–Kier alpha value is -3.18. The molecule has 0 atom stereocenters. The Kier molecular flexibility index (Phi) is 4.16. The van der Waals surface area contributed by atoms with Gasteiger partial charge in [0.25, 0.3) is 0 Å². The SMILES string of the molecule is Cc1cc(O)c(C(=O)c2cnc3cc(-c4ccccc4C)nn3c2)cc1Cl. The molecule has 134 valence electrons. The first-order valence-electron chi connectivity index (χ1n) is 8.39. The number of fused-ring (bicyclic) bond motifs is 1. The molecule has 27 heavy (non-hydrogen) atoms. The fraction of sp³-hybridized carbons (Fsp3) is 0.0952. The van der Waals surface area contributed by atoms with Crippen LogP contribution in [0.3, 0.4) is 0 Å². The maximum atomic E-state index is 12.8. The minimum atomic E-state index is -0.364. The molecule has 0 spiro atoms. The summed E-state index contributed by atoms with van der Waals surface area (Å²) in [6.45, 7) is 3.78. The standard InChI is InChI=1S/C21H16ClN3O2/c1-12-5-3-4-6-15(12)18-9-20-23-10-14(11-25(20)24-18)21(27)16-8-17(22)13(2)7-19(16)26/h3-11,26H,1-2H3. The Morgan fingerprint density at radius 1 is 1.11 bits per heavy atom. The van der Waals surface area contributed by atoms with Crippen LogP contribution in [0.2, 0.25) is 5.02 Å². The first-order chi connectivity index (χ1) is 12.9. The van der Waals surface area contributed by atoms with E-state index in [1.165, 1.54) is 18.3 Å². The van der Waals surface area contributed by atoms with E-state index in [1.807, 2.05) is 37.3 Å². The highest BCUT2D eigenvalue weighted by Crippen LogP contribution is 2.28. The third-order valence-electron chi connectivity index (χ3n) is 4.52. The second kappa shape index (κ2) is 6.52. The second-order valence-electron chi connectivity index (χ2n) is 6.44. The Labute approximate surface area is 160 Å². The number of hydrogen-bond donors (Lipinski definition) is 1. The molecule has 0 radical (unpaired) electrons. The summed E-state index contributed by atoms with van der Waals surface area (Å²) in [4.78, 5) is 17.1. The van der Waals surface area contributed by atoms with Crippen molar-refractivity contribution >= 4 is 23.0 Å². The number of phenolic OH excluding ortho intramolecular Hbond substituents is 1. The quantitative estimate of drug-likeness (QED) is 0.530.